The van der Waals surface area contributed by atoms with Crippen LogP contribution in [-0.4, -0.2) is 12.5 Å². The Morgan fingerprint density at radius 2 is 2.46 bits per heavy atom. The van der Waals surface area contributed by atoms with Crippen molar-refractivity contribution in [1.82, 2.24) is 0 Å². The molecule has 1 aromatic heterocycles. The van der Waals surface area contributed by atoms with Gasteiger partial charge >= 0.3 is 0 Å². The SMILES string of the molecule is ClCC1CCOC1c1ccc(Br)s1. The van der Waals surface area contributed by atoms with Crippen LogP contribution >= 0.6 is 38.9 Å². The highest BCUT2D eigenvalue weighted by molar-refractivity contribution is 9.11. The van der Waals surface area contributed by atoms with Crippen molar-refractivity contribution >= 4 is 38.9 Å². The lowest BCUT2D eigenvalue weighted by molar-refractivity contribution is 0.0980. The third kappa shape index (κ3) is 2.09. The normalized spacial score (nSPS) is 28.2. The molecule has 13 heavy (non-hydrogen) atoms. The van der Waals surface area contributed by atoms with Crippen LogP contribution in [0.5, 0.6) is 0 Å². The minimum absolute atomic E-state index is 0.230. The first-order chi connectivity index (χ1) is 6.31. The first-order valence-corrected chi connectivity index (χ1v) is 6.38. The molecule has 1 aliphatic heterocycles. The molecule has 1 aliphatic rings. The fraction of sp³-hybridized carbons (Fsp3) is 0.556. The summed E-state index contributed by atoms with van der Waals surface area (Å²) in [6, 6.07) is 4.18. The molecule has 0 saturated carbocycles. The Kier molecular flexibility index (Phi) is 3.30. The lowest BCUT2D eigenvalue weighted by Gasteiger charge is -2.13. The van der Waals surface area contributed by atoms with E-state index in [1.54, 1.807) is 11.3 Å². The lowest BCUT2D eigenvalue weighted by atomic mass is 10.0. The number of rotatable bonds is 2. The zero-order valence-electron chi connectivity index (χ0n) is 7.00. The summed E-state index contributed by atoms with van der Waals surface area (Å²) in [5.41, 5.74) is 0. The van der Waals surface area contributed by atoms with Crippen LogP contribution in [0, 0.1) is 5.92 Å². The van der Waals surface area contributed by atoms with Crippen LogP contribution in [0.2, 0.25) is 0 Å². The van der Waals surface area contributed by atoms with E-state index in [1.165, 1.54) is 4.88 Å². The van der Waals surface area contributed by atoms with Crippen LogP contribution < -0.4 is 0 Å². The fourth-order valence-corrected chi connectivity index (χ4v) is 3.47. The van der Waals surface area contributed by atoms with E-state index in [-0.39, 0.29) is 6.10 Å². The van der Waals surface area contributed by atoms with Crippen molar-refractivity contribution in [3.8, 4) is 0 Å². The molecule has 1 aromatic rings. The topological polar surface area (TPSA) is 9.23 Å². The second kappa shape index (κ2) is 4.30. The molecule has 1 nitrogen and oxygen atoms in total. The van der Waals surface area contributed by atoms with Gasteiger partial charge in [-0.1, -0.05) is 0 Å². The van der Waals surface area contributed by atoms with Gasteiger partial charge < -0.3 is 4.74 Å². The van der Waals surface area contributed by atoms with Crippen LogP contribution in [-0.2, 0) is 4.74 Å². The smallest absolute Gasteiger partial charge is 0.0957 e. The Bertz CT molecular complexity index is 289. The van der Waals surface area contributed by atoms with Gasteiger partial charge in [0, 0.05) is 23.3 Å². The molecule has 0 amide bonds. The molecule has 2 rings (SSSR count). The lowest BCUT2D eigenvalue weighted by Crippen LogP contribution is -2.06. The monoisotopic (exact) mass is 280 g/mol. The molecule has 0 aromatic carbocycles. The first-order valence-electron chi connectivity index (χ1n) is 4.24. The molecule has 72 valence electrons. The predicted molar refractivity (Wildman–Crippen MR) is 59.5 cm³/mol. The molecule has 1 saturated heterocycles. The zero-order valence-corrected chi connectivity index (χ0v) is 10.2. The minimum Gasteiger partial charge on any atom is -0.372 e. The van der Waals surface area contributed by atoms with Crippen molar-refractivity contribution in [3.63, 3.8) is 0 Å². The van der Waals surface area contributed by atoms with Gasteiger partial charge in [0.1, 0.15) is 0 Å². The molecule has 0 N–H and O–H groups in total. The summed E-state index contributed by atoms with van der Waals surface area (Å²) in [6.45, 7) is 0.845. The molecule has 2 atom stereocenters. The Balaban J connectivity index is 2.15. The molecule has 0 spiro atoms. The summed E-state index contributed by atoms with van der Waals surface area (Å²) in [5.74, 6) is 1.19. The van der Waals surface area contributed by atoms with Gasteiger partial charge in [0.05, 0.1) is 9.89 Å². The summed E-state index contributed by atoms with van der Waals surface area (Å²) in [4.78, 5) is 1.29. The number of ether oxygens (including phenoxy) is 1. The zero-order chi connectivity index (χ0) is 9.26. The quantitative estimate of drug-likeness (QED) is 0.749. The van der Waals surface area contributed by atoms with Crippen LogP contribution in [0.1, 0.15) is 17.4 Å². The Hall–Kier alpha value is 0.430. The highest BCUT2D eigenvalue weighted by atomic mass is 79.9. The molecular weight excluding hydrogens is 272 g/mol. The second-order valence-electron chi connectivity index (χ2n) is 3.14. The van der Waals surface area contributed by atoms with Crippen LogP contribution in [0.4, 0.5) is 0 Å². The van der Waals surface area contributed by atoms with Gasteiger partial charge in [-0.2, -0.15) is 0 Å². The molecule has 2 unspecified atom stereocenters. The summed E-state index contributed by atoms with van der Waals surface area (Å²) in [5, 5.41) is 0. The maximum Gasteiger partial charge on any atom is 0.0957 e. The fourth-order valence-electron chi connectivity index (χ4n) is 1.59. The van der Waals surface area contributed by atoms with Crippen LogP contribution in [0.3, 0.4) is 0 Å². The van der Waals surface area contributed by atoms with Gasteiger partial charge in [0.15, 0.2) is 0 Å². The average Bonchev–Trinajstić information content (AvgIpc) is 2.71. The molecule has 0 bridgehead atoms. The molecule has 4 heteroatoms. The van der Waals surface area contributed by atoms with E-state index in [0.29, 0.717) is 11.8 Å². The number of thiophene rings is 1. The van der Waals surface area contributed by atoms with E-state index in [2.05, 4.69) is 28.1 Å². The highest BCUT2D eigenvalue weighted by Crippen LogP contribution is 2.39. The Morgan fingerprint density at radius 3 is 3.08 bits per heavy atom. The summed E-state index contributed by atoms with van der Waals surface area (Å²) < 4.78 is 6.82. The largest absolute Gasteiger partial charge is 0.372 e. The van der Waals surface area contributed by atoms with Gasteiger partial charge in [-0.25, -0.2) is 0 Å². The second-order valence-corrected chi connectivity index (χ2v) is 5.94. The van der Waals surface area contributed by atoms with E-state index in [4.69, 9.17) is 16.3 Å². The third-order valence-corrected chi connectivity index (χ3v) is 4.37. The third-order valence-electron chi connectivity index (χ3n) is 2.29. The van der Waals surface area contributed by atoms with Gasteiger partial charge in [-0.15, -0.1) is 22.9 Å². The van der Waals surface area contributed by atoms with Gasteiger partial charge in [0.2, 0.25) is 0 Å². The standard InChI is InChI=1S/C9H10BrClOS/c10-8-2-1-7(13-8)9-6(5-11)3-4-12-9/h1-2,6,9H,3-5H2. The molecule has 2 heterocycles. The van der Waals surface area contributed by atoms with Gasteiger partial charge in [-0.3, -0.25) is 0 Å². The Morgan fingerprint density at radius 1 is 1.62 bits per heavy atom. The van der Waals surface area contributed by atoms with Crippen molar-refractivity contribution in [2.45, 2.75) is 12.5 Å². The molecule has 0 radical (unpaired) electrons. The first kappa shape index (κ1) is 9.97. The van der Waals surface area contributed by atoms with Crippen LogP contribution in [0.25, 0.3) is 0 Å². The van der Waals surface area contributed by atoms with E-state index in [1.807, 2.05) is 0 Å². The van der Waals surface area contributed by atoms with E-state index >= 15 is 0 Å². The van der Waals surface area contributed by atoms with Crippen LogP contribution in [0.15, 0.2) is 15.9 Å². The summed E-state index contributed by atoms with van der Waals surface area (Å²) >= 11 is 11.1. The van der Waals surface area contributed by atoms with E-state index < -0.39 is 0 Å². The number of halogens is 2. The molecule has 1 fully saturated rings. The van der Waals surface area contributed by atoms with Gasteiger partial charge in [0.25, 0.3) is 0 Å². The maximum atomic E-state index is 5.87. The van der Waals surface area contributed by atoms with E-state index in [9.17, 15) is 0 Å². The van der Waals surface area contributed by atoms with Crippen molar-refractivity contribution < 1.29 is 4.74 Å². The van der Waals surface area contributed by atoms with Crippen molar-refractivity contribution in [1.29, 1.82) is 0 Å². The minimum atomic E-state index is 0.230. The van der Waals surface area contributed by atoms with Gasteiger partial charge in [-0.05, 0) is 34.5 Å². The number of hydrogen-bond acceptors (Lipinski definition) is 2. The summed E-state index contributed by atoms with van der Waals surface area (Å²) in [7, 11) is 0. The predicted octanol–water partition coefficient (Wildman–Crippen LogP) is 3.83. The average molecular weight is 282 g/mol. The molecular formula is C9H10BrClOS. The van der Waals surface area contributed by atoms with E-state index in [0.717, 1.165) is 16.8 Å². The highest BCUT2D eigenvalue weighted by Gasteiger charge is 2.29. The molecule has 0 aliphatic carbocycles. The number of hydrogen-bond donors (Lipinski definition) is 0. The number of alkyl halides is 1. The van der Waals surface area contributed by atoms with Crippen molar-refractivity contribution in [2.24, 2.45) is 5.92 Å². The van der Waals surface area contributed by atoms with Crippen molar-refractivity contribution in [3.05, 3.63) is 20.8 Å². The summed E-state index contributed by atoms with van der Waals surface area (Å²) in [6.07, 6.45) is 1.32. The Labute approximate surface area is 95.2 Å². The maximum absolute atomic E-state index is 5.87. The van der Waals surface area contributed by atoms with Crippen molar-refractivity contribution in [2.75, 3.05) is 12.5 Å².